The number of hydrogen-bond donors (Lipinski definition) is 2. The molecule has 1 aliphatic carbocycles. The lowest BCUT2D eigenvalue weighted by Gasteiger charge is -2.18. The molecule has 0 fully saturated rings. The highest BCUT2D eigenvalue weighted by Gasteiger charge is 2.31. The van der Waals surface area contributed by atoms with Crippen LogP contribution in [-0.2, 0) is 0 Å². The lowest BCUT2D eigenvalue weighted by Crippen LogP contribution is -2.26. The third-order valence-electron chi connectivity index (χ3n) is 4.28. The monoisotopic (exact) mass is 288 g/mol. The molecule has 0 aromatic rings. The maximum Gasteiger partial charge on any atom is 0.0847 e. The van der Waals surface area contributed by atoms with Gasteiger partial charge in [0.05, 0.1) is 12.4 Å². The first-order chi connectivity index (χ1) is 10.2. The van der Waals surface area contributed by atoms with E-state index in [-0.39, 0.29) is 12.0 Å². The van der Waals surface area contributed by atoms with Crippen LogP contribution in [0.25, 0.3) is 0 Å². The molecule has 0 amide bonds. The Labute approximate surface area is 127 Å². The van der Waals surface area contributed by atoms with Gasteiger partial charge in [-0.15, -0.1) is 6.58 Å². The van der Waals surface area contributed by atoms with Crippen molar-refractivity contribution in [1.29, 1.82) is 0 Å². The quantitative estimate of drug-likeness (QED) is 0.729. The van der Waals surface area contributed by atoms with E-state index in [1.165, 1.54) is 11.1 Å². The van der Waals surface area contributed by atoms with Gasteiger partial charge in [-0.3, -0.25) is 0 Å². The molecule has 1 aliphatic heterocycles. The summed E-state index contributed by atoms with van der Waals surface area (Å²) in [6, 6.07) is -0.0261. The fourth-order valence-electron chi connectivity index (χ4n) is 3.21. The van der Waals surface area contributed by atoms with E-state index >= 15 is 0 Å². The maximum absolute atomic E-state index is 12.6. The van der Waals surface area contributed by atoms with Gasteiger partial charge in [0.2, 0.25) is 0 Å². The predicted molar refractivity (Wildman–Crippen MR) is 87.4 cm³/mol. The standard InChI is InChI=1S/C18H25FN2/c1-4-15-16(5-2)18(21-17(15)10-11-19)14-8-6-13(7-9-14)12-20-3/h4,6,8-11,13,15,17,20-21H,1,5,7,12H2,2-3H3/b11-10+. The molecule has 2 N–H and O–H groups in total. The molecule has 2 rings (SSSR count). The van der Waals surface area contributed by atoms with Crippen molar-refractivity contribution in [2.24, 2.45) is 11.8 Å². The van der Waals surface area contributed by atoms with E-state index < -0.39 is 0 Å². The van der Waals surface area contributed by atoms with E-state index in [0.29, 0.717) is 12.2 Å². The van der Waals surface area contributed by atoms with Gasteiger partial charge < -0.3 is 10.6 Å². The minimum absolute atomic E-state index is 0.0261. The molecule has 1 heterocycles. The molecular formula is C18H25FN2. The molecule has 0 spiro atoms. The first-order valence-electron chi connectivity index (χ1n) is 7.67. The molecule has 114 valence electrons. The normalized spacial score (nSPS) is 28.9. The third-order valence-corrected chi connectivity index (χ3v) is 4.28. The molecule has 0 bridgehead atoms. The summed E-state index contributed by atoms with van der Waals surface area (Å²) >= 11 is 0. The van der Waals surface area contributed by atoms with E-state index in [9.17, 15) is 4.39 Å². The van der Waals surface area contributed by atoms with Crippen LogP contribution in [0.15, 0.2) is 60.1 Å². The van der Waals surface area contributed by atoms with Crippen molar-refractivity contribution in [1.82, 2.24) is 10.6 Å². The van der Waals surface area contributed by atoms with Gasteiger partial charge >= 0.3 is 0 Å². The number of halogens is 1. The largest absolute Gasteiger partial charge is 0.377 e. The van der Waals surface area contributed by atoms with Crippen LogP contribution in [-0.4, -0.2) is 19.6 Å². The number of hydrogen-bond acceptors (Lipinski definition) is 2. The summed E-state index contributed by atoms with van der Waals surface area (Å²) in [6.45, 7) is 7.05. The van der Waals surface area contributed by atoms with Gasteiger partial charge in [-0.25, -0.2) is 4.39 Å². The van der Waals surface area contributed by atoms with Gasteiger partial charge in [-0.2, -0.15) is 0 Å². The van der Waals surface area contributed by atoms with E-state index in [1.54, 1.807) is 6.08 Å². The molecule has 0 aromatic heterocycles. The van der Waals surface area contributed by atoms with Gasteiger partial charge in [-0.05, 0) is 43.0 Å². The minimum atomic E-state index is -0.0261. The Kier molecular flexibility index (Phi) is 5.57. The van der Waals surface area contributed by atoms with E-state index in [4.69, 9.17) is 0 Å². The molecule has 2 nitrogen and oxygen atoms in total. The molecule has 0 saturated carbocycles. The number of rotatable bonds is 6. The van der Waals surface area contributed by atoms with Crippen LogP contribution in [0.3, 0.4) is 0 Å². The van der Waals surface area contributed by atoms with Crippen LogP contribution in [0, 0.1) is 11.8 Å². The zero-order valence-electron chi connectivity index (χ0n) is 12.9. The van der Waals surface area contributed by atoms with Crippen molar-refractivity contribution < 1.29 is 4.39 Å². The molecule has 0 radical (unpaired) electrons. The zero-order valence-corrected chi connectivity index (χ0v) is 12.9. The highest BCUT2D eigenvalue weighted by molar-refractivity contribution is 5.49. The van der Waals surface area contributed by atoms with Crippen molar-refractivity contribution in [2.75, 3.05) is 13.6 Å². The first-order valence-corrected chi connectivity index (χ1v) is 7.67. The molecule has 21 heavy (non-hydrogen) atoms. The third kappa shape index (κ3) is 3.35. The summed E-state index contributed by atoms with van der Waals surface area (Å²) in [4.78, 5) is 0. The highest BCUT2D eigenvalue weighted by Crippen LogP contribution is 2.35. The fourth-order valence-corrected chi connectivity index (χ4v) is 3.21. The van der Waals surface area contributed by atoms with Gasteiger partial charge in [0.25, 0.3) is 0 Å². The predicted octanol–water partition coefficient (Wildman–Crippen LogP) is 3.63. The smallest absolute Gasteiger partial charge is 0.0847 e. The lowest BCUT2D eigenvalue weighted by atomic mass is 9.89. The summed E-state index contributed by atoms with van der Waals surface area (Å²) in [5.41, 5.74) is 3.70. The molecule has 0 saturated heterocycles. The number of nitrogens with one attached hydrogen (secondary N) is 2. The Balaban J connectivity index is 2.22. The Bertz CT molecular complexity index is 499. The van der Waals surface area contributed by atoms with Crippen molar-refractivity contribution in [2.45, 2.75) is 25.8 Å². The number of allylic oxidation sites excluding steroid dienone is 2. The van der Waals surface area contributed by atoms with Crippen LogP contribution < -0.4 is 10.6 Å². The van der Waals surface area contributed by atoms with Crippen LogP contribution in [0.2, 0.25) is 0 Å². The van der Waals surface area contributed by atoms with Crippen LogP contribution in [0.4, 0.5) is 4.39 Å². The Morgan fingerprint density at radius 3 is 2.86 bits per heavy atom. The second kappa shape index (κ2) is 7.41. The van der Waals surface area contributed by atoms with Crippen molar-refractivity contribution in [3.05, 3.63) is 60.1 Å². The van der Waals surface area contributed by atoms with Gasteiger partial charge in [0.15, 0.2) is 0 Å². The van der Waals surface area contributed by atoms with Crippen LogP contribution in [0.5, 0.6) is 0 Å². The van der Waals surface area contributed by atoms with Crippen LogP contribution >= 0.6 is 0 Å². The lowest BCUT2D eigenvalue weighted by molar-refractivity contribution is 0.595. The average molecular weight is 288 g/mol. The Morgan fingerprint density at radius 2 is 2.33 bits per heavy atom. The zero-order chi connectivity index (χ0) is 15.2. The summed E-state index contributed by atoms with van der Waals surface area (Å²) < 4.78 is 12.6. The second-order valence-corrected chi connectivity index (χ2v) is 5.58. The molecule has 3 atom stereocenters. The van der Waals surface area contributed by atoms with Gasteiger partial charge in [0, 0.05) is 18.2 Å². The fraction of sp³-hybridized carbons (Fsp3) is 0.444. The topological polar surface area (TPSA) is 24.1 Å². The van der Waals surface area contributed by atoms with E-state index in [0.717, 1.165) is 25.1 Å². The molecule has 3 heteroatoms. The van der Waals surface area contributed by atoms with Gasteiger partial charge in [0.1, 0.15) is 0 Å². The molecule has 3 unspecified atom stereocenters. The Hall–Kier alpha value is -1.61. The van der Waals surface area contributed by atoms with Crippen molar-refractivity contribution in [3.63, 3.8) is 0 Å². The Morgan fingerprint density at radius 1 is 1.52 bits per heavy atom. The summed E-state index contributed by atoms with van der Waals surface area (Å²) in [6.07, 6.45) is 12.8. The molecular weight excluding hydrogens is 263 g/mol. The van der Waals surface area contributed by atoms with Gasteiger partial charge in [-0.1, -0.05) is 31.2 Å². The summed E-state index contributed by atoms with van der Waals surface area (Å²) in [7, 11) is 1.98. The second-order valence-electron chi connectivity index (χ2n) is 5.58. The summed E-state index contributed by atoms with van der Waals surface area (Å²) in [5.74, 6) is 0.726. The minimum Gasteiger partial charge on any atom is -0.377 e. The molecule has 0 aromatic carbocycles. The molecule has 2 aliphatic rings. The SMILES string of the molecule is C=CC1C(CC)=C(C2=CCC(CNC)C=C2)NC1/C=C/F. The van der Waals surface area contributed by atoms with Crippen LogP contribution in [0.1, 0.15) is 19.8 Å². The van der Waals surface area contributed by atoms with E-state index in [2.05, 4.69) is 42.4 Å². The highest BCUT2D eigenvalue weighted by atomic mass is 19.1. The van der Waals surface area contributed by atoms with Crippen molar-refractivity contribution in [3.8, 4) is 0 Å². The first kappa shape index (κ1) is 15.8. The summed E-state index contributed by atoms with van der Waals surface area (Å²) in [5, 5.41) is 6.67. The van der Waals surface area contributed by atoms with E-state index in [1.807, 2.05) is 13.1 Å². The van der Waals surface area contributed by atoms with Crippen molar-refractivity contribution >= 4 is 0 Å². The maximum atomic E-state index is 12.6. The average Bonchev–Trinajstić information content (AvgIpc) is 2.86.